The van der Waals surface area contributed by atoms with Gasteiger partial charge in [0, 0.05) is 31.4 Å². The normalized spacial score (nSPS) is 19.2. The zero-order valence-corrected chi connectivity index (χ0v) is 29.6. The summed E-state index contributed by atoms with van der Waals surface area (Å²) in [6.07, 6.45) is 8.18. The van der Waals surface area contributed by atoms with Crippen LogP contribution in [-0.2, 0) is 0 Å². The molecule has 1 amide bonds. The monoisotopic (exact) mass is 740 g/mol. The van der Waals surface area contributed by atoms with Gasteiger partial charge in [-0.3, -0.25) is 4.79 Å². The van der Waals surface area contributed by atoms with Gasteiger partial charge in [-0.15, -0.1) is 0 Å². The molecule has 4 aliphatic rings. The summed E-state index contributed by atoms with van der Waals surface area (Å²) in [5.41, 5.74) is 7.78. The van der Waals surface area contributed by atoms with Gasteiger partial charge in [0.1, 0.15) is 11.6 Å². The summed E-state index contributed by atoms with van der Waals surface area (Å²) in [7, 11) is 0. The highest BCUT2D eigenvalue weighted by atomic mass is 32.2. The Morgan fingerprint density at radius 1 is 0.686 bits per heavy atom. The van der Waals surface area contributed by atoms with Gasteiger partial charge in [-0.2, -0.15) is 26.0 Å². The second kappa shape index (κ2) is 11.9. The van der Waals surface area contributed by atoms with Gasteiger partial charge in [0.15, 0.2) is 22.9 Å². The topological polar surface area (TPSA) is 184 Å². The number of rotatable bonds is 3. The highest BCUT2D eigenvalue weighted by Gasteiger charge is 2.39. The van der Waals surface area contributed by atoms with Crippen molar-refractivity contribution in [3.05, 3.63) is 67.4 Å². The van der Waals surface area contributed by atoms with Crippen molar-refractivity contribution < 1.29 is 4.79 Å². The van der Waals surface area contributed by atoms with Gasteiger partial charge in [-0.1, -0.05) is 72.7 Å². The molecule has 0 bridgehead atoms. The minimum absolute atomic E-state index is 0.115. The van der Waals surface area contributed by atoms with E-state index in [1.807, 2.05) is 0 Å². The highest BCUT2D eigenvalue weighted by Crippen LogP contribution is 2.63. The van der Waals surface area contributed by atoms with Gasteiger partial charge in [-0.05, 0) is 25.7 Å². The lowest BCUT2D eigenvalue weighted by Crippen LogP contribution is -2.15. The van der Waals surface area contributed by atoms with Crippen molar-refractivity contribution in [3.63, 3.8) is 0 Å². The Kier molecular flexibility index (Phi) is 7.43. The predicted molar refractivity (Wildman–Crippen MR) is 191 cm³/mol. The van der Waals surface area contributed by atoms with Crippen LogP contribution in [0.25, 0.3) is 29.5 Å². The fourth-order valence-electron chi connectivity index (χ4n) is 7.43. The third-order valence-electron chi connectivity index (χ3n) is 9.77. The lowest BCUT2D eigenvalue weighted by molar-refractivity contribution is 0.0993. The first-order valence-electron chi connectivity index (χ1n) is 16.0. The lowest BCUT2D eigenvalue weighted by Gasteiger charge is -2.10. The third-order valence-corrected chi connectivity index (χ3v) is 15.0. The summed E-state index contributed by atoms with van der Waals surface area (Å²) in [6.45, 7) is 15.9. The third kappa shape index (κ3) is 4.51. The van der Waals surface area contributed by atoms with E-state index >= 15 is 0 Å². The number of hydrogen-bond acceptors (Lipinski definition) is 12. The predicted octanol–water partition coefficient (Wildman–Crippen LogP) is 6.27. The number of carbonyl (C=O) groups is 1. The molecule has 0 saturated heterocycles. The molecule has 9 rings (SSSR count). The molecule has 2 fully saturated rings. The zero-order valence-electron chi connectivity index (χ0n) is 26.3. The van der Waals surface area contributed by atoms with E-state index in [9.17, 15) is 20.6 Å². The number of amides is 1. The van der Waals surface area contributed by atoms with E-state index in [0.717, 1.165) is 51.4 Å². The van der Waals surface area contributed by atoms with E-state index in [1.54, 1.807) is 9.03 Å². The van der Waals surface area contributed by atoms with E-state index in [0.29, 0.717) is 67.3 Å². The van der Waals surface area contributed by atoms with Gasteiger partial charge in [0.2, 0.25) is 11.4 Å². The zero-order chi connectivity index (χ0) is 35.1. The average Bonchev–Trinajstić information content (AvgIpc) is 3.97. The summed E-state index contributed by atoms with van der Waals surface area (Å²) in [4.78, 5) is 32.1. The van der Waals surface area contributed by atoms with Crippen LogP contribution in [0.1, 0.15) is 102 Å². The van der Waals surface area contributed by atoms with Crippen LogP contribution in [0.3, 0.4) is 0 Å². The van der Waals surface area contributed by atoms with E-state index in [2.05, 4.69) is 27.9 Å². The molecule has 13 nitrogen and oxygen atoms in total. The number of nitrogens with two attached hydrogens (primary N) is 1. The Morgan fingerprint density at radius 2 is 1.16 bits per heavy atom. The molecule has 246 valence electrons. The van der Waals surface area contributed by atoms with Crippen molar-refractivity contribution in [2.45, 2.75) is 82.8 Å². The molecular weight excluding hydrogens is 721 g/mol. The van der Waals surface area contributed by atoms with Gasteiger partial charge in [0.25, 0.3) is 5.91 Å². The molecule has 4 aromatic heterocycles. The number of fused-ring (bicyclic) bond motifs is 4. The van der Waals surface area contributed by atoms with E-state index in [-0.39, 0.29) is 39.9 Å². The van der Waals surface area contributed by atoms with Crippen molar-refractivity contribution in [2.75, 3.05) is 0 Å². The molecule has 0 atom stereocenters. The number of benzene rings is 1. The van der Waals surface area contributed by atoms with Crippen LogP contribution in [0.5, 0.6) is 0 Å². The van der Waals surface area contributed by atoms with Crippen LogP contribution in [0, 0.1) is 47.1 Å². The Labute approximate surface area is 306 Å². The van der Waals surface area contributed by atoms with Gasteiger partial charge < -0.3 is 5.73 Å². The Hall–Kier alpha value is -5.22. The van der Waals surface area contributed by atoms with Crippen molar-refractivity contribution in [3.8, 4) is 18.2 Å². The van der Waals surface area contributed by atoms with Crippen molar-refractivity contribution in [1.82, 2.24) is 29.2 Å². The number of aromatic nitrogens is 6. The molecule has 17 heteroatoms. The summed E-state index contributed by atoms with van der Waals surface area (Å²) in [5, 5.41) is 41.4. The number of nitriles is 3. The molecule has 2 aliphatic heterocycles. The first-order chi connectivity index (χ1) is 24.9. The first kappa shape index (κ1) is 31.7. The van der Waals surface area contributed by atoms with Crippen LogP contribution in [0.4, 0.5) is 11.4 Å². The summed E-state index contributed by atoms with van der Waals surface area (Å²) >= 11 is 4.91. The molecule has 1 aromatic carbocycles. The Bertz CT molecular complexity index is 2600. The second-order valence-electron chi connectivity index (χ2n) is 12.5. The first-order valence-corrected chi connectivity index (χ1v) is 19.3. The maximum absolute atomic E-state index is 13.3. The fraction of sp³-hybridized carbons (Fsp3) is 0.294. The van der Waals surface area contributed by atoms with Crippen LogP contribution in [0.15, 0.2) is 19.6 Å². The number of carbonyl (C=O) groups excluding carboxylic acids is 1. The summed E-state index contributed by atoms with van der Waals surface area (Å²) < 4.78 is 4.30. The van der Waals surface area contributed by atoms with Crippen LogP contribution < -0.4 is 16.4 Å². The van der Waals surface area contributed by atoms with Gasteiger partial charge in [-0.25, -0.2) is 28.7 Å². The van der Waals surface area contributed by atoms with Crippen molar-refractivity contribution in [1.29, 1.82) is 15.8 Å². The molecule has 0 unspecified atom stereocenters. The SMILES string of the molecule is [C-]#[N+]c1c(C#N)c2nc(C3CCCC3)nn2/c1=C1\Sc2c(C#N)c3c(c(C(N)=O)c2S1)S/C(=c1/c(C#N)c([N+]#[C-])c2nc(C4CCCC4)nn12)S3. The highest BCUT2D eigenvalue weighted by molar-refractivity contribution is 8.33. The minimum Gasteiger partial charge on any atom is -0.366 e. The second-order valence-corrected chi connectivity index (χ2v) is 17.1. The van der Waals surface area contributed by atoms with Gasteiger partial charge in [0.05, 0.1) is 61.1 Å². The molecule has 51 heavy (non-hydrogen) atoms. The molecule has 2 saturated carbocycles. The van der Waals surface area contributed by atoms with Crippen LogP contribution >= 0.6 is 47.0 Å². The lowest BCUT2D eigenvalue weighted by atomic mass is 10.1. The molecule has 2 aliphatic carbocycles. The number of hydrogen-bond donors (Lipinski definition) is 1. The smallest absolute Gasteiger partial charge is 0.251 e. The Balaban J connectivity index is 1.24. The molecular formula is C34H20N12OS4. The maximum atomic E-state index is 13.3. The molecule has 5 aromatic rings. The summed E-state index contributed by atoms with van der Waals surface area (Å²) in [6, 6.07) is 6.68. The van der Waals surface area contributed by atoms with E-state index in [4.69, 9.17) is 39.0 Å². The van der Waals surface area contributed by atoms with E-state index in [1.165, 1.54) is 47.0 Å². The molecule has 6 heterocycles. The van der Waals surface area contributed by atoms with Crippen LogP contribution in [-0.4, -0.2) is 35.1 Å². The fourth-order valence-corrected chi connectivity index (χ4v) is 13.1. The number of thioether (sulfide) groups is 4. The van der Waals surface area contributed by atoms with Crippen molar-refractivity contribution in [2.24, 2.45) is 5.73 Å². The average molecular weight is 741 g/mol. The number of nitrogens with zero attached hydrogens (tertiary/aromatic N) is 11. The van der Waals surface area contributed by atoms with Gasteiger partial charge >= 0.3 is 0 Å². The maximum Gasteiger partial charge on any atom is 0.251 e. The quantitative estimate of drug-likeness (QED) is 0.205. The van der Waals surface area contributed by atoms with E-state index < -0.39 is 5.91 Å². The Morgan fingerprint density at radius 3 is 1.65 bits per heavy atom. The van der Waals surface area contributed by atoms with Crippen LogP contribution in [0.2, 0.25) is 0 Å². The standard InChI is InChI=1S/C34H20N12OS4/c1-39-20-17(12-36)31-41-29(14-7-3-4-8-14)44-46(31)23(20)34-49-25-18(13-37)24-26(19(28(38)47)27(25)51-34)50-33(48-24)22-16(11-35)21(40-2)32-42-30(43-45(22)32)15-9-5-6-10-15/h14-15H,3-10H2,(H2,38,47)/b33-22-,34-23+. The summed E-state index contributed by atoms with van der Waals surface area (Å²) in [5.74, 6) is 0.969. The molecule has 0 spiro atoms. The van der Waals surface area contributed by atoms with Crippen molar-refractivity contribution >= 4 is 84.1 Å². The molecule has 0 radical (unpaired) electrons. The number of primary amides is 1. The minimum atomic E-state index is -0.699. The molecule has 2 N–H and O–H groups in total. The largest absolute Gasteiger partial charge is 0.366 e.